The molecular formula is C23H33NO8. The Morgan fingerprint density at radius 2 is 1.34 bits per heavy atom. The Balaban J connectivity index is 2.98. The fourth-order valence-electron chi connectivity index (χ4n) is 2.53. The lowest BCUT2D eigenvalue weighted by Crippen LogP contribution is -2.46. The SMILES string of the molecule is COC(=O)C(CC(C(=O)OC(C)(C)C)C(=O)OC(C)(C)C)NC(=O)OCc1ccccc1. The zero-order valence-electron chi connectivity index (χ0n) is 19.7. The van der Waals surface area contributed by atoms with Crippen molar-refractivity contribution < 1.29 is 38.1 Å². The molecule has 0 aromatic heterocycles. The van der Waals surface area contributed by atoms with Gasteiger partial charge in [0.2, 0.25) is 0 Å². The first-order valence-corrected chi connectivity index (χ1v) is 10.2. The molecule has 1 unspecified atom stereocenters. The minimum Gasteiger partial charge on any atom is -0.467 e. The van der Waals surface area contributed by atoms with Crippen molar-refractivity contribution in [3.05, 3.63) is 35.9 Å². The molecular weight excluding hydrogens is 418 g/mol. The highest BCUT2D eigenvalue weighted by molar-refractivity contribution is 5.96. The second-order valence-corrected chi connectivity index (χ2v) is 9.14. The molecule has 1 N–H and O–H groups in total. The van der Waals surface area contributed by atoms with Gasteiger partial charge >= 0.3 is 24.0 Å². The zero-order valence-corrected chi connectivity index (χ0v) is 19.7. The molecule has 0 spiro atoms. The van der Waals surface area contributed by atoms with E-state index >= 15 is 0 Å². The summed E-state index contributed by atoms with van der Waals surface area (Å²) in [6, 6.07) is 7.61. The maximum atomic E-state index is 12.7. The molecule has 0 aliphatic heterocycles. The smallest absolute Gasteiger partial charge is 0.408 e. The van der Waals surface area contributed by atoms with Crippen LogP contribution in [0.25, 0.3) is 0 Å². The Hall–Kier alpha value is -3.10. The summed E-state index contributed by atoms with van der Waals surface area (Å²) in [6.45, 7) is 9.86. The highest BCUT2D eigenvalue weighted by atomic mass is 16.6. The van der Waals surface area contributed by atoms with Gasteiger partial charge in [0.05, 0.1) is 7.11 Å². The van der Waals surface area contributed by atoms with Crippen molar-refractivity contribution >= 4 is 24.0 Å². The van der Waals surface area contributed by atoms with Gasteiger partial charge in [-0.15, -0.1) is 0 Å². The van der Waals surface area contributed by atoms with E-state index in [0.717, 1.165) is 12.7 Å². The summed E-state index contributed by atoms with van der Waals surface area (Å²) in [6.07, 6.45) is -1.33. The number of esters is 3. The molecule has 1 aromatic carbocycles. The summed E-state index contributed by atoms with van der Waals surface area (Å²) in [5.41, 5.74) is -1.00. The molecule has 9 nitrogen and oxygen atoms in total. The average molecular weight is 452 g/mol. The van der Waals surface area contributed by atoms with Crippen molar-refractivity contribution in [3.8, 4) is 0 Å². The summed E-state index contributed by atoms with van der Waals surface area (Å²) >= 11 is 0. The molecule has 0 aliphatic rings. The fraction of sp³-hybridized carbons (Fsp3) is 0.565. The summed E-state index contributed by atoms with van der Waals surface area (Å²) in [4.78, 5) is 49.9. The minimum atomic E-state index is -1.47. The van der Waals surface area contributed by atoms with Crippen LogP contribution in [0.5, 0.6) is 0 Å². The lowest BCUT2D eigenvalue weighted by Gasteiger charge is -2.27. The Morgan fingerprint density at radius 3 is 1.78 bits per heavy atom. The Morgan fingerprint density at radius 1 is 0.844 bits per heavy atom. The molecule has 1 rings (SSSR count). The molecule has 0 saturated heterocycles. The summed E-state index contributed by atoms with van der Waals surface area (Å²) in [5.74, 6) is -4.06. The van der Waals surface area contributed by atoms with Crippen LogP contribution >= 0.6 is 0 Å². The topological polar surface area (TPSA) is 117 Å². The Bertz CT molecular complexity index is 764. The van der Waals surface area contributed by atoms with Crippen LogP contribution in [0.1, 0.15) is 53.5 Å². The van der Waals surface area contributed by atoms with Crippen molar-refractivity contribution in [2.45, 2.75) is 71.8 Å². The molecule has 0 saturated carbocycles. The molecule has 0 bridgehead atoms. The van der Waals surface area contributed by atoms with Crippen LogP contribution in [-0.4, -0.2) is 48.4 Å². The van der Waals surface area contributed by atoms with Crippen LogP contribution in [0, 0.1) is 5.92 Å². The van der Waals surface area contributed by atoms with Crippen molar-refractivity contribution in [2.24, 2.45) is 5.92 Å². The number of hydrogen-bond acceptors (Lipinski definition) is 8. The highest BCUT2D eigenvalue weighted by Gasteiger charge is 2.39. The van der Waals surface area contributed by atoms with Crippen LogP contribution in [-0.2, 0) is 39.9 Å². The number of carbonyl (C=O) groups is 4. The molecule has 0 radical (unpaired) electrons. The van der Waals surface area contributed by atoms with Crippen LogP contribution in [0.3, 0.4) is 0 Å². The van der Waals surface area contributed by atoms with Gasteiger partial charge in [-0.3, -0.25) is 9.59 Å². The summed E-state index contributed by atoms with van der Waals surface area (Å²) in [7, 11) is 1.13. The average Bonchev–Trinajstić information content (AvgIpc) is 2.66. The first kappa shape index (κ1) is 26.9. The number of alkyl carbamates (subject to hydrolysis) is 1. The van der Waals surface area contributed by atoms with E-state index in [9.17, 15) is 19.2 Å². The van der Waals surface area contributed by atoms with Gasteiger partial charge in [-0.25, -0.2) is 9.59 Å². The normalized spacial score (nSPS) is 12.5. The van der Waals surface area contributed by atoms with Crippen molar-refractivity contribution in [1.82, 2.24) is 5.32 Å². The van der Waals surface area contributed by atoms with Crippen molar-refractivity contribution in [1.29, 1.82) is 0 Å². The number of amides is 1. The van der Waals surface area contributed by atoms with Gasteiger partial charge in [-0.05, 0) is 47.1 Å². The monoisotopic (exact) mass is 451 g/mol. The van der Waals surface area contributed by atoms with Crippen LogP contribution < -0.4 is 5.32 Å². The van der Waals surface area contributed by atoms with Gasteiger partial charge in [0.1, 0.15) is 23.9 Å². The second-order valence-electron chi connectivity index (χ2n) is 9.14. The van der Waals surface area contributed by atoms with E-state index in [1.807, 2.05) is 6.07 Å². The van der Waals surface area contributed by atoms with E-state index in [0.29, 0.717) is 0 Å². The molecule has 0 aliphatic carbocycles. The van der Waals surface area contributed by atoms with Gasteiger partial charge in [0.15, 0.2) is 5.92 Å². The number of carbonyl (C=O) groups excluding carboxylic acids is 4. The molecule has 1 atom stereocenters. The van der Waals surface area contributed by atoms with Gasteiger partial charge in [-0.1, -0.05) is 30.3 Å². The maximum absolute atomic E-state index is 12.7. The largest absolute Gasteiger partial charge is 0.467 e. The first-order valence-electron chi connectivity index (χ1n) is 10.2. The third-order valence-electron chi connectivity index (χ3n) is 3.84. The number of ether oxygens (including phenoxy) is 4. The molecule has 1 aromatic rings. The molecule has 9 heteroatoms. The number of rotatable bonds is 8. The quantitative estimate of drug-likeness (QED) is 0.364. The van der Waals surface area contributed by atoms with Crippen molar-refractivity contribution in [3.63, 3.8) is 0 Å². The molecule has 0 heterocycles. The Labute approximate surface area is 188 Å². The van der Waals surface area contributed by atoms with E-state index in [2.05, 4.69) is 5.32 Å². The van der Waals surface area contributed by atoms with Crippen LogP contribution in [0.15, 0.2) is 30.3 Å². The van der Waals surface area contributed by atoms with Gasteiger partial charge < -0.3 is 24.3 Å². The fourth-order valence-corrected chi connectivity index (χ4v) is 2.53. The van der Waals surface area contributed by atoms with Crippen molar-refractivity contribution in [2.75, 3.05) is 7.11 Å². The summed E-state index contributed by atoms with van der Waals surface area (Å²) < 4.78 is 20.5. The van der Waals surface area contributed by atoms with Gasteiger partial charge in [0, 0.05) is 6.42 Å². The zero-order chi connectivity index (χ0) is 24.5. The van der Waals surface area contributed by atoms with Gasteiger partial charge in [0.25, 0.3) is 0 Å². The number of hydrogen-bond donors (Lipinski definition) is 1. The number of methoxy groups -OCH3 is 1. The van der Waals surface area contributed by atoms with E-state index in [1.54, 1.807) is 65.8 Å². The predicted molar refractivity (Wildman–Crippen MR) is 115 cm³/mol. The third-order valence-corrected chi connectivity index (χ3v) is 3.84. The predicted octanol–water partition coefficient (Wildman–Crippen LogP) is 3.14. The minimum absolute atomic E-state index is 0.0257. The maximum Gasteiger partial charge on any atom is 0.408 e. The molecule has 1 amide bonds. The van der Waals surface area contributed by atoms with E-state index in [-0.39, 0.29) is 6.61 Å². The van der Waals surface area contributed by atoms with E-state index < -0.39 is 53.6 Å². The van der Waals surface area contributed by atoms with Crippen LogP contribution in [0.2, 0.25) is 0 Å². The molecule has 178 valence electrons. The molecule has 0 fully saturated rings. The highest BCUT2D eigenvalue weighted by Crippen LogP contribution is 2.20. The number of nitrogens with one attached hydrogen (secondary N) is 1. The molecule has 32 heavy (non-hydrogen) atoms. The van der Waals surface area contributed by atoms with Gasteiger partial charge in [-0.2, -0.15) is 0 Å². The summed E-state index contributed by atoms with van der Waals surface area (Å²) in [5, 5.41) is 2.35. The standard InChI is InChI=1S/C23H33NO8/c1-22(2,3)31-18(25)16(19(26)32-23(4,5)6)13-17(20(27)29-7)24-21(28)30-14-15-11-9-8-10-12-15/h8-12,16-17H,13-14H2,1-7H3,(H,24,28). The first-order chi connectivity index (χ1) is 14.7. The van der Waals surface area contributed by atoms with E-state index in [1.165, 1.54) is 0 Å². The lowest BCUT2D eigenvalue weighted by atomic mass is 9.99. The third kappa shape index (κ3) is 10.3. The lowest BCUT2D eigenvalue weighted by molar-refractivity contribution is -0.175. The number of benzene rings is 1. The van der Waals surface area contributed by atoms with Crippen LogP contribution in [0.4, 0.5) is 4.79 Å². The van der Waals surface area contributed by atoms with E-state index in [4.69, 9.17) is 18.9 Å². The Kier molecular flexibility index (Phi) is 9.68. The second kappa shape index (κ2) is 11.5.